The number of nitrogens with one attached hydrogen (secondary N) is 1. The maximum Gasteiger partial charge on any atom is 0.230 e. The molecule has 0 atom stereocenters. The maximum atomic E-state index is 12.2. The van der Waals surface area contributed by atoms with E-state index >= 15 is 0 Å². The Bertz CT molecular complexity index is 1140. The van der Waals surface area contributed by atoms with Crippen LogP contribution in [0.1, 0.15) is 16.8 Å². The van der Waals surface area contributed by atoms with Crippen LogP contribution in [0.15, 0.2) is 47.8 Å². The number of rotatable bonds is 6. The van der Waals surface area contributed by atoms with Crippen LogP contribution < -0.4 is 5.32 Å². The van der Waals surface area contributed by atoms with Crippen LogP contribution in [0, 0.1) is 13.8 Å². The first-order valence-electron chi connectivity index (χ1n) is 9.06. The molecule has 5 nitrogen and oxygen atoms in total. The van der Waals surface area contributed by atoms with E-state index in [1.807, 2.05) is 25.1 Å². The number of amides is 1. The van der Waals surface area contributed by atoms with Crippen LogP contribution >= 0.6 is 23.1 Å². The van der Waals surface area contributed by atoms with E-state index in [-0.39, 0.29) is 5.91 Å². The minimum absolute atomic E-state index is 0.0126. The summed E-state index contributed by atoms with van der Waals surface area (Å²) in [5, 5.41) is 4.87. The molecule has 0 fully saturated rings. The fourth-order valence-corrected chi connectivity index (χ4v) is 5.01. The Morgan fingerprint density at radius 3 is 2.82 bits per heavy atom. The SMILES string of the molecule is Cc1cc2c(nc1C)sc1c(SCC(=O)NCCc3ccccc3)ncnc12. The summed E-state index contributed by atoms with van der Waals surface area (Å²) in [5.41, 5.74) is 4.31. The van der Waals surface area contributed by atoms with Crippen molar-refractivity contribution in [3.05, 3.63) is 59.5 Å². The minimum Gasteiger partial charge on any atom is -0.355 e. The molecule has 1 aromatic carbocycles. The normalized spacial score (nSPS) is 11.2. The lowest BCUT2D eigenvalue weighted by Gasteiger charge is -2.05. The van der Waals surface area contributed by atoms with Crippen LogP contribution in [0.4, 0.5) is 0 Å². The number of nitrogens with zero attached hydrogens (tertiary/aromatic N) is 3. The predicted octanol–water partition coefficient (Wildman–Crippen LogP) is 4.31. The van der Waals surface area contributed by atoms with Gasteiger partial charge < -0.3 is 5.32 Å². The van der Waals surface area contributed by atoms with Gasteiger partial charge in [0.05, 0.1) is 16.0 Å². The molecule has 0 bridgehead atoms. The highest BCUT2D eigenvalue weighted by Crippen LogP contribution is 2.36. The van der Waals surface area contributed by atoms with Crippen molar-refractivity contribution in [3.8, 4) is 0 Å². The number of benzene rings is 1. The summed E-state index contributed by atoms with van der Waals surface area (Å²) in [4.78, 5) is 26.7. The fourth-order valence-electron chi connectivity index (χ4n) is 2.95. The average molecular weight is 409 g/mol. The van der Waals surface area contributed by atoms with Gasteiger partial charge in [-0.05, 0) is 37.5 Å². The molecule has 1 N–H and O–H groups in total. The summed E-state index contributed by atoms with van der Waals surface area (Å²) in [6.07, 6.45) is 2.40. The highest BCUT2D eigenvalue weighted by atomic mass is 32.2. The van der Waals surface area contributed by atoms with Gasteiger partial charge in [0.25, 0.3) is 0 Å². The van der Waals surface area contributed by atoms with Crippen molar-refractivity contribution in [3.63, 3.8) is 0 Å². The molecule has 28 heavy (non-hydrogen) atoms. The Morgan fingerprint density at radius 1 is 1.18 bits per heavy atom. The number of thiophene rings is 1. The first-order chi connectivity index (χ1) is 13.6. The second-order valence-corrected chi connectivity index (χ2v) is 8.54. The molecule has 0 aliphatic heterocycles. The van der Waals surface area contributed by atoms with Gasteiger partial charge in [0.2, 0.25) is 5.91 Å². The van der Waals surface area contributed by atoms with Crippen LogP contribution in [0.3, 0.4) is 0 Å². The van der Waals surface area contributed by atoms with Crippen molar-refractivity contribution in [2.24, 2.45) is 0 Å². The molecule has 3 aromatic heterocycles. The molecule has 0 saturated heterocycles. The van der Waals surface area contributed by atoms with Gasteiger partial charge in [-0.1, -0.05) is 42.1 Å². The molecule has 0 spiro atoms. The summed E-state index contributed by atoms with van der Waals surface area (Å²) in [5.74, 6) is 0.347. The summed E-state index contributed by atoms with van der Waals surface area (Å²) in [7, 11) is 0. The maximum absolute atomic E-state index is 12.2. The van der Waals surface area contributed by atoms with Crippen LogP contribution in [0.2, 0.25) is 0 Å². The second-order valence-electron chi connectivity index (χ2n) is 6.58. The Labute approximate surface area is 171 Å². The molecular weight excluding hydrogens is 388 g/mol. The van der Waals surface area contributed by atoms with E-state index in [0.717, 1.165) is 43.1 Å². The third-order valence-electron chi connectivity index (χ3n) is 4.57. The Kier molecular flexibility index (Phi) is 5.54. The summed E-state index contributed by atoms with van der Waals surface area (Å²) in [6, 6.07) is 12.3. The first-order valence-corrected chi connectivity index (χ1v) is 10.9. The zero-order valence-electron chi connectivity index (χ0n) is 15.7. The van der Waals surface area contributed by atoms with E-state index in [0.29, 0.717) is 12.3 Å². The molecule has 0 radical (unpaired) electrons. The minimum atomic E-state index is 0.0126. The summed E-state index contributed by atoms with van der Waals surface area (Å²) in [6.45, 7) is 4.70. The molecule has 1 amide bonds. The van der Waals surface area contributed by atoms with Gasteiger partial charge in [0.15, 0.2) is 0 Å². The van der Waals surface area contributed by atoms with Gasteiger partial charge >= 0.3 is 0 Å². The van der Waals surface area contributed by atoms with Crippen LogP contribution in [-0.2, 0) is 11.2 Å². The van der Waals surface area contributed by atoms with Crippen LogP contribution in [0.5, 0.6) is 0 Å². The second kappa shape index (κ2) is 8.24. The number of pyridine rings is 1. The first kappa shape index (κ1) is 18.8. The summed E-state index contributed by atoms with van der Waals surface area (Å²) < 4.78 is 0.997. The van der Waals surface area contributed by atoms with E-state index in [1.54, 1.807) is 17.7 Å². The van der Waals surface area contributed by atoms with Crippen molar-refractivity contribution in [2.45, 2.75) is 25.3 Å². The van der Waals surface area contributed by atoms with E-state index in [4.69, 9.17) is 0 Å². The van der Waals surface area contributed by atoms with Crippen molar-refractivity contribution in [2.75, 3.05) is 12.3 Å². The lowest BCUT2D eigenvalue weighted by molar-refractivity contribution is -0.118. The number of aryl methyl sites for hydroxylation is 2. The molecule has 0 aliphatic carbocycles. The van der Waals surface area contributed by atoms with Crippen LogP contribution in [-0.4, -0.2) is 33.2 Å². The van der Waals surface area contributed by atoms with E-state index < -0.39 is 0 Å². The standard InChI is InChI=1S/C21H20N4OS2/c1-13-10-16-18-19(28-20(16)25-14(13)2)21(24-12-23-18)27-11-17(26)22-9-8-15-6-4-3-5-7-15/h3-7,10,12H,8-9,11H2,1-2H3,(H,22,26). The summed E-state index contributed by atoms with van der Waals surface area (Å²) >= 11 is 3.04. The molecule has 142 valence electrons. The zero-order chi connectivity index (χ0) is 19.5. The Hall–Kier alpha value is -2.51. The largest absolute Gasteiger partial charge is 0.355 e. The lowest BCUT2D eigenvalue weighted by Crippen LogP contribution is -2.27. The fraction of sp³-hybridized carbons (Fsp3) is 0.238. The molecule has 0 saturated carbocycles. The van der Waals surface area contributed by atoms with Crippen LogP contribution in [0.25, 0.3) is 20.4 Å². The number of carbonyl (C=O) groups is 1. The van der Waals surface area contributed by atoms with E-state index in [9.17, 15) is 4.79 Å². The lowest BCUT2D eigenvalue weighted by atomic mass is 10.1. The zero-order valence-corrected chi connectivity index (χ0v) is 17.4. The number of hydrogen-bond acceptors (Lipinski definition) is 6. The number of carbonyl (C=O) groups excluding carboxylic acids is 1. The molecule has 4 rings (SSSR count). The number of aromatic nitrogens is 3. The Morgan fingerprint density at radius 2 is 2.00 bits per heavy atom. The molecule has 0 aliphatic rings. The van der Waals surface area contributed by atoms with Gasteiger partial charge in [-0.15, -0.1) is 11.3 Å². The third-order valence-corrected chi connectivity index (χ3v) is 6.79. The van der Waals surface area contributed by atoms with Gasteiger partial charge in [0.1, 0.15) is 16.2 Å². The van der Waals surface area contributed by atoms with Crippen molar-refractivity contribution in [1.82, 2.24) is 20.3 Å². The Balaban J connectivity index is 1.44. The number of hydrogen-bond donors (Lipinski definition) is 1. The van der Waals surface area contributed by atoms with Gasteiger partial charge in [-0.2, -0.15) is 0 Å². The third kappa shape index (κ3) is 4.00. The van der Waals surface area contributed by atoms with Gasteiger partial charge in [-0.25, -0.2) is 15.0 Å². The van der Waals surface area contributed by atoms with Gasteiger partial charge in [-0.3, -0.25) is 4.79 Å². The van der Waals surface area contributed by atoms with E-state index in [1.165, 1.54) is 17.3 Å². The van der Waals surface area contributed by atoms with Crippen molar-refractivity contribution >= 4 is 49.4 Å². The van der Waals surface area contributed by atoms with E-state index in [2.05, 4.69) is 45.4 Å². The monoisotopic (exact) mass is 408 g/mol. The molecule has 7 heteroatoms. The molecule has 3 heterocycles. The number of fused-ring (bicyclic) bond motifs is 3. The molecule has 4 aromatic rings. The van der Waals surface area contributed by atoms with Crippen molar-refractivity contribution < 1.29 is 4.79 Å². The smallest absolute Gasteiger partial charge is 0.230 e. The number of thioether (sulfide) groups is 1. The van der Waals surface area contributed by atoms with Gasteiger partial charge in [0, 0.05) is 17.6 Å². The quantitative estimate of drug-likeness (QED) is 0.380. The molecule has 0 unspecified atom stereocenters. The highest BCUT2D eigenvalue weighted by molar-refractivity contribution is 8.00. The van der Waals surface area contributed by atoms with Crippen molar-refractivity contribution in [1.29, 1.82) is 0 Å². The molecular formula is C21H20N4OS2. The highest BCUT2D eigenvalue weighted by Gasteiger charge is 2.14. The average Bonchev–Trinajstić information content (AvgIpc) is 3.05. The topological polar surface area (TPSA) is 67.8 Å². The predicted molar refractivity (Wildman–Crippen MR) is 116 cm³/mol.